The first-order chi connectivity index (χ1) is 12.1. The summed E-state index contributed by atoms with van der Waals surface area (Å²) in [7, 11) is 0. The number of aliphatic carboxylic acids is 1. The lowest BCUT2D eigenvalue weighted by atomic mass is 9.93. The maximum Gasteiger partial charge on any atom is 0.317 e. The van der Waals surface area contributed by atoms with Gasteiger partial charge < -0.3 is 15.3 Å². The molecule has 1 heterocycles. The number of amides is 2. The number of piperidine rings is 1. The molecule has 3 rings (SSSR count). The number of hydrogen-bond acceptors (Lipinski definition) is 2. The smallest absolute Gasteiger partial charge is 0.317 e. The van der Waals surface area contributed by atoms with Crippen molar-refractivity contribution in [1.82, 2.24) is 10.2 Å². The Kier molecular flexibility index (Phi) is 5.95. The molecule has 5 heteroatoms. The first kappa shape index (κ1) is 17.8. The van der Waals surface area contributed by atoms with Crippen molar-refractivity contribution in [2.75, 3.05) is 13.1 Å². The number of nitrogens with one attached hydrogen (secondary N) is 1. The number of carbonyl (C=O) groups is 2. The molecule has 136 valence electrons. The van der Waals surface area contributed by atoms with E-state index in [0.29, 0.717) is 31.8 Å². The van der Waals surface area contributed by atoms with Gasteiger partial charge in [-0.2, -0.15) is 0 Å². The van der Waals surface area contributed by atoms with Gasteiger partial charge >= 0.3 is 12.0 Å². The van der Waals surface area contributed by atoms with Crippen molar-refractivity contribution >= 4 is 12.0 Å². The van der Waals surface area contributed by atoms with E-state index in [1.807, 2.05) is 18.2 Å². The third-order valence-electron chi connectivity index (χ3n) is 5.67. The van der Waals surface area contributed by atoms with Crippen molar-refractivity contribution in [3.63, 3.8) is 0 Å². The predicted octanol–water partition coefficient (Wildman–Crippen LogP) is 3.81. The Bertz CT molecular complexity index is 576. The Morgan fingerprint density at radius 2 is 1.72 bits per heavy atom. The lowest BCUT2D eigenvalue weighted by Crippen LogP contribution is -2.46. The summed E-state index contributed by atoms with van der Waals surface area (Å²) in [6.07, 6.45) is 7.17. The maximum absolute atomic E-state index is 12.7. The summed E-state index contributed by atoms with van der Waals surface area (Å²) in [5.41, 5.74) is 1.16. The topological polar surface area (TPSA) is 69.6 Å². The van der Waals surface area contributed by atoms with Crippen LogP contribution in [-0.2, 0) is 4.79 Å². The molecule has 1 atom stereocenters. The number of likely N-dealkylation sites (tertiary alicyclic amines) is 1. The second kappa shape index (κ2) is 8.37. The monoisotopic (exact) mass is 344 g/mol. The molecule has 1 aromatic carbocycles. The third kappa shape index (κ3) is 4.74. The quantitative estimate of drug-likeness (QED) is 0.853. The lowest BCUT2D eigenvalue weighted by molar-refractivity contribution is -0.143. The zero-order valence-corrected chi connectivity index (χ0v) is 14.7. The van der Waals surface area contributed by atoms with Crippen molar-refractivity contribution in [2.45, 2.75) is 51.0 Å². The van der Waals surface area contributed by atoms with Crippen LogP contribution in [0.25, 0.3) is 0 Å². The summed E-state index contributed by atoms with van der Waals surface area (Å²) in [6, 6.07) is 10.2. The van der Waals surface area contributed by atoms with Crippen molar-refractivity contribution in [1.29, 1.82) is 0 Å². The molecule has 1 aliphatic carbocycles. The van der Waals surface area contributed by atoms with E-state index in [9.17, 15) is 9.59 Å². The third-order valence-corrected chi connectivity index (χ3v) is 5.67. The molecule has 5 nitrogen and oxygen atoms in total. The van der Waals surface area contributed by atoms with E-state index in [-0.39, 0.29) is 18.0 Å². The van der Waals surface area contributed by atoms with Crippen LogP contribution in [-0.4, -0.2) is 35.1 Å². The number of hydrogen-bond donors (Lipinski definition) is 2. The van der Waals surface area contributed by atoms with E-state index in [1.165, 1.54) is 25.7 Å². The van der Waals surface area contributed by atoms with Gasteiger partial charge in [0.25, 0.3) is 0 Å². The molecule has 2 amide bonds. The molecule has 2 N–H and O–H groups in total. The van der Waals surface area contributed by atoms with Gasteiger partial charge in [0, 0.05) is 13.1 Å². The van der Waals surface area contributed by atoms with Gasteiger partial charge in [-0.15, -0.1) is 0 Å². The molecule has 2 fully saturated rings. The highest BCUT2D eigenvalue weighted by atomic mass is 16.4. The van der Waals surface area contributed by atoms with Crippen LogP contribution in [0.15, 0.2) is 30.3 Å². The van der Waals surface area contributed by atoms with Crippen molar-refractivity contribution in [2.24, 2.45) is 11.8 Å². The van der Waals surface area contributed by atoms with E-state index in [4.69, 9.17) is 5.11 Å². The molecule has 1 aliphatic heterocycles. The Morgan fingerprint density at radius 1 is 1.08 bits per heavy atom. The van der Waals surface area contributed by atoms with Gasteiger partial charge in [0.1, 0.15) is 0 Å². The SMILES string of the molecule is O=C(O)C1CCN(C(=O)NC(CC2CCCC2)c2ccccc2)CC1. The lowest BCUT2D eigenvalue weighted by Gasteiger charge is -2.32. The molecule has 1 saturated carbocycles. The highest BCUT2D eigenvalue weighted by Gasteiger charge is 2.29. The molecular formula is C20H28N2O3. The van der Waals surface area contributed by atoms with Gasteiger partial charge in [0.05, 0.1) is 12.0 Å². The average Bonchev–Trinajstić information content (AvgIpc) is 3.15. The Morgan fingerprint density at radius 3 is 2.32 bits per heavy atom. The number of benzene rings is 1. The molecule has 2 aliphatic rings. The summed E-state index contributed by atoms with van der Waals surface area (Å²) in [5.74, 6) is -0.376. The first-order valence-electron chi connectivity index (χ1n) is 9.46. The van der Waals surface area contributed by atoms with Crippen LogP contribution in [0, 0.1) is 11.8 Å². The standard InChI is InChI=1S/C20H28N2O3/c23-19(24)17-10-12-22(13-11-17)20(25)21-18(14-15-6-4-5-7-15)16-8-2-1-3-9-16/h1-3,8-9,15,17-18H,4-7,10-14H2,(H,21,25)(H,23,24). The fourth-order valence-electron chi connectivity index (χ4n) is 4.11. The minimum atomic E-state index is -0.747. The fourth-order valence-corrected chi connectivity index (χ4v) is 4.11. The van der Waals surface area contributed by atoms with Crippen molar-refractivity contribution in [3.8, 4) is 0 Å². The van der Waals surface area contributed by atoms with Gasteiger partial charge in [0.15, 0.2) is 0 Å². The van der Waals surface area contributed by atoms with Crippen LogP contribution in [0.4, 0.5) is 4.79 Å². The number of rotatable bonds is 5. The van der Waals surface area contributed by atoms with Gasteiger partial charge in [-0.1, -0.05) is 56.0 Å². The molecule has 1 saturated heterocycles. The van der Waals surface area contributed by atoms with Crippen LogP contribution in [0.1, 0.15) is 56.6 Å². The number of carboxylic acid groups (broad SMARTS) is 1. The average molecular weight is 344 g/mol. The molecule has 1 aromatic rings. The molecule has 1 unspecified atom stereocenters. The van der Waals surface area contributed by atoms with Crippen LogP contribution in [0.3, 0.4) is 0 Å². The Balaban J connectivity index is 1.61. The second-order valence-electron chi connectivity index (χ2n) is 7.40. The summed E-state index contributed by atoms with van der Waals surface area (Å²) in [5, 5.41) is 12.3. The maximum atomic E-state index is 12.7. The zero-order valence-electron chi connectivity index (χ0n) is 14.7. The largest absolute Gasteiger partial charge is 0.481 e. The van der Waals surface area contributed by atoms with E-state index >= 15 is 0 Å². The van der Waals surface area contributed by atoms with Gasteiger partial charge in [-0.05, 0) is 30.7 Å². The van der Waals surface area contributed by atoms with Gasteiger partial charge in [0.2, 0.25) is 0 Å². The van der Waals surface area contributed by atoms with Gasteiger partial charge in [-0.3, -0.25) is 4.79 Å². The van der Waals surface area contributed by atoms with Crippen LogP contribution < -0.4 is 5.32 Å². The number of nitrogens with zero attached hydrogens (tertiary/aromatic N) is 1. The van der Waals surface area contributed by atoms with E-state index in [1.54, 1.807) is 4.90 Å². The van der Waals surface area contributed by atoms with E-state index < -0.39 is 5.97 Å². The zero-order chi connectivity index (χ0) is 17.6. The van der Waals surface area contributed by atoms with Crippen molar-refractivity contribution < 1.29 is 14.7 Å². The first-order valence-corrected chi connectivity index (χ1v) is 9.46. The summed E-state index contributed by atoms with van der Waals surface area (Å²) in [4.78, 5) is 25.5. The molecule has 0 bridgehead atoms. The summed E-state index contributed by atoms with van der Waals surface area (Å²) < 4.78 is 0. The minimum absolute atomic E-state index is 0.0361. The summed E-state index contributed by atoms with van der Waals surface area (Å²) >= 11 is 0. The van der Waals surface area contributed by atoms with E-state index in [2.05, 4.69) is 17.4 Å². The van der Waals surface area contributed by atoms with Gasteiger partial charge in [-0.25, -0.2) is 4.79 Å². The predicted molar refractivity (Wildman–Crippen MR) is 96.2 cm³/mol. The number of urea groups is 1. The molecular weight excluding hydrogens is 316 g/mol. The molecule has 25 heavy (non-hydrogen) atoms. The fraction of sp³-hybridized carbons (Fsp3) is 0.600. The Hall–Kier alpha value is -2.04. The van der Waals surface area contributed by atoms with Crippen LogP contribution in [0.2, 0.25) is 0 Å². The number of carboxylic acids is 1. The molecule has 0 spiro atoms. The van der Waals surface area contributed by atoms with Crippen molar-refractivity contribution in [3.05, 3.63) is 35.9 Å². The minimum Gasteiger partial charge on any atom is -0.481 e. The van der Waals surface area contributed by atoms with E-state index in [0.717, 1.165) is 12.0 Å². The Labute approximate surface area is 149 Å². The normalized spacial score (nSPS) is 20.4. The molecule has 0 aromatic heterocycles. The van der Waals surface area contributed by atoms with Crippen LogP contribution >= 0.6 is 0 Å². The summed E-state index contributed by atoms with van der Waals surface area (Å²) in [6.45, 7) is 1.04. The second-order valence-corrected chi connectivity index (χ2v) is 7.40. The van der Waals surface area contributed by atoms with Crippen LogP contribution in [0.5, 0.6) is 0 Å². The number of carbonyl (C=O) groups excluding carboxylic acids is 1. The highest BCUT2D eigenvalue weighted by Crippen LogP contribution is 2.33. The highest BCUT2D eigenvalue weighted by molar-refractivity contribution is 5.75. The molecule has 0 radical (unpaired) electrons.